The van der Waals surface area contributed by atoms with E-state index in [4.69, 9.17) is 0 Å². The molecular weight excluding hydrogens is 330 g/mol. The second-order valence-electron chi connectivity index (χ2n) is 7.11. The molecule has 0 bridgehead atoms. The zero-order chi connectivity index (χ0) is 18.7. The number of amides is 1. The minimum Gasteiger partial charge on any atom is -0.388 e. The quantitative estimate of drug-likeness (QED) is 0.874. The van der Waals surface area contributed by atoms with Gasteiger partial charge < -0.3 is 19.5 Å². The lowest BCUT2D eigenvalue weighted by Crippen LogP contribution is -2.40. The topological polar surface area (TPSA) is 74.5 Å². The van der Waals surface area contributed by atoms with E-state index in [2.05, 4.69) is 10.2 Å². The Labute approximate surface area is 154 Å². The number of likely N-dealkylation sites (tertiary alicyclic amines) is 1. The van der Waals surface area contributed by atoms with Crippen molar-refractivity contribution in [3.8, 4) is 0 Å². The third kappa shape index (κ3) is 3.88. The van der Waals surface area contributed by atoms with Gasteiger partial charge in [-0.25, -0.2) is 0 Å². The number of rotatable bonds is 5. The van der Waals surface area contributed by atoms with Crippen LogP contribution in [0, 0.1) is 0 Å². The number of aliphatic hydroxyl groups excluding tert-OH is 1. The Morgan fingerprint density at radius 1 is 1.27 bits per heavy atom. The molecule has 1 fully saturated rings. The fourth-order valence-electron chi connectivity index (χ4n) is 3.48. The van der Waals surface area contributed by atoms with Crippen molar-refractivity contribution in [3.63, 3.8) is 0 Å². The molecule has 0 saturated carbocycles. The van der Waals surface area contributed by atoms with Gasteiger partial charge in [-0.05, 0) is 30.5 Å². The number of benzene rings is 1. The van der Waals surface area contributed by atoms with Crippen LogP contribution in [0.15, 0.2) is 24.3 Å². The highest BCUT2D eigenvalue weighted by Crippen LogP contribution is 2.26. The summed E-state index contributed by atoms with van der Waals surface area (Å²) in [5, 5.41) is 17.5. The first kappa shape index (κ1) is 18.4. The largest absolute Gasteiger partial charge is 0.388 e. The van der Waals surface area contributed by atoms with E-state index in [1.807, 2.05) is 59.8 Å². The summed E-state index contributed by atoms with van der Waals surface area (Å²) in [7, 11) is 5.87. The molecule has 1 aromatic carbocycles. The molecule has 1 aliphatic heterocycles. The van der Waals surface area contributed by atoms with Crippen molar-refractivity contribution in [1.82, 2.24) is 19.7 Å². The van der Waals surface area contributed by atoms with Gasteiger partial charge >= 0.3 is 0 Å². The Hall–Kier alpha value is -2.41. The molecule has 0 aliphatic carbocycles. The van der Waals surface area contributed by atoms with E-state index in [1.165, 1.54) is 0 Å². The maximum Gasteiger partial charge on any atom is 0.227 e. The Bertz CT molecular complexity index is 754. The SMILES string of the molecule is CN(C)c1ccc(CC(=O)N2CCC[C@@H](c3nnc(CO)n3C)C2)cc1. The number of anilines is 1. The summed E-state index contributed by atoms with van der Waals surface area (Å²) >= 11 is 0. The molecule has 0 radical (unpaired) electrons. The molecule has 1 saturated heterocycles. The number of carbonyl (C=O) groups is 1. The summed E-state index contributed by atoms with van der Waals surface area (Å²) in [6.45, 7) is 1.32. The zero-order valence-electron chi connectivity index (χ0n) is 15.7. The normalized spacial score (nSPS) is 17.4. The maximum absolute atomic E-state index is 12.7. The summed E-state index contributed by atoms with van der Waals surface area (Å²) in [5.74, 6) is 1.73. The van der Waals surface area contributed by atoms with Crippen molar-refractivity contribution in [3.05, 3.63) is 41.5 Å². The number of hydrogen-bond donors (Lipinski definition) is 1. The van der Waals surface area contributed by atoms with Gasteiger partial charge in [-0.2, -0.15) is 0 Å². The molecular formula is C19H27N5O2. The van der Waals surface area contributed by atoms with Gasteiger partial charge in [-0.3, -0.25) is 4.79 Å². The fourth-order valence-corrected chi connectivity index (χ4v) is 3.48. The molecule has 2 heterocycles. The molecule has 140 valence electrons. The Morgan fingerprint density at radius 3 is 2.62 bits per heavy atom. The van der Waals surface area contributed by atoms with Crippen LogP contribution < -0.4 is 4.90 Å². The van der Waals surface area contributed by atoms with E-state index in [0.29, 0.717) is 18.8 Å². The average molecular weight is 357 g/mol. The number of aliphatic hydroxyl groups is 1. The highest BCUT2D eigenvalue weighted by Gasteiger charge is 2.28. The van der Waals surface area contributed by atoms with Crippen molar-refractivity contribution in [2.75, 3.05) is 32.1 Å². The predicted molar refractivity (Wildman–Crippen MR) is 100.0 cm³/mol. The highest BCUT2D eigenvalue weighted by molar-refractivity contribution is 5.79. The summed E-state index contributed by atoms with van der Waals surface area (Å²) in [6.07, 6.45) is 2.36. The minimum absolute atomic E-state index is 0.123. The first-order valence-electron chi connectivity index (χ1n) is 9.02. The monoisotopic (exact) mass is 357 g/mol. The Kier molecular flexibility index (Phi) is 5.56. The second-order valence-corrected chi connectivity index (χ2v) is 7.11. The molecule has 7 heteroatoms. The summed E-state index contributed by atoms with van der Waals surface area (Å²) < 4.78 is 1.85. The van der Waals surface area contributed by atoms with Gasteiger partial charge in [0, 0.05) is 45.8 Å². The molecule has 1 aromatic heterocycles. The fraction of sp³-hybridized carbons (Fsp3) is 0.526. The second kappa shape index (κ2) is 7.86. The molecule has 1 N–H and O–H groups in total. The number of hydrogen-bond acceptors (Lipinski definition) is 5. The van der Waals surface area contributed by atoms with E-state index in [1.54, 1.807) is 0 Å². The van der Waals surface area contributed by atoms with E-state index < -0.39 is 0 Å². The first-order valence-corrected chi connectivity index (χ1v) is 9.02. The van der Waals surface area contributed by atoms with Crippen LogP contribution in [0.4, 0.5) is 5.69 Å². The van der Waals surface area contributed by atoms with Gasteiger partial charge in [0.05, 0.1) is 6.42 Å². The van der Waals surface area contributed by atoms with Gasteiger partial charge in [0.1, 0.15) is 12.4 Å². The Balaban J connectivity index is 1.65. The van der Waals surface area contributed by atoms with Gasteiger partial charge in [0.15, 0.2) is 5.82 Å². The first-order chi connectivity index (χ1) is 12.5. The van der Waals surface area contributed by atoms with Crippen LogP contribution in [0.2, 0.25) is 0 Å². The van der Waals surface area contributed by atoms with E-state index in [9.17, 15) is 9.90 Å². The standard InChI is InChI=1S/C19H27N5O2/c1-22(2)16-8-6-14(7-9-16)11-18(26)24-10-4-5-15(12-24)19-21-20-17(13-25)23(19)3/h6-9,15,25H,4-5,10-13H2,1-3H3/t15-/m1/s1. The Morgan fingerprint density at radius 2 is 2.00 bits per heavy atom. The smallest absolute Gasteiger partial charge is 0.227 e. The van der Waals surface area contributed by atoms with Gasteiger partial charge in [0.2, 0.25) is 5.91 Å². The van der Waals surface area contributed by atoms with Crippen LogP contribution in [-0.4, -0.2) is 57.9 Å². The van der Waals surface area contributed by atoms with Crippen molar-refractivity contribution in [1.29, 1.82) is 0 Å². The maximum atomic E-state index is 12.7. The minimum atomic E-state index is -0.123. The molecule has 0 unspecified atom stereocenters. The third-order valence-corrected chi connectivity index (χ3v) is 5.09. The van der Waals surface area contributed by atoms with Crippen LogP contribution in [0.3, 0.4) is 0 Å². The lowest BCUT2D eigenvalue weighted by molar-refractivity contribution is -0.131. The average Bonchev–Trinajstić information content (AvgIpc) is 3.03. The van der Waals surface area contributed by atoms with Gasteiger partial charge in [-0.1, -0.05) is 12.1 Å². The van der Waals surface area contributed by atoms with Crippen LogP contribution in [0.25, 0.3) is 0 Å². The lowest BCUT2D eigenvalue weighted by Gasteiger charge is -2.32. The molecule has 3 rings (SSSR count). The van der Waals surface area contributed by atoms with Crippen LogP contribution in [-0.2, 0) is 24.9 Å². The molecule has 0 spiro atoms. The molecule has 1 aliphatic rings. The number of aromatic nitrogens is 3. The van der Waals surface area contributed by atoms with Crippen LogP contribution in [0.1, 0.15) is 36.0 Å². The number of piperidine rings is 1. The van der Waals surface area contributed by atoms with Crippen molar-refractivity contribution < 1.29 is 9.90 Å². The number of nitrogens with zero attached hydrogens (tertiary/aromatic N) is 5. The lowest BCUT2D eigenvalue weighted by atomic mass is 9.96. The highest BCUT2D eigenvalue weighted by atomic mass is 16.3. The van der Waals surface area contributed by atoms with Crippen molar-refractivity contribution >= 4 is 11.6 Å². The molecule has 1 atom stereocenters. The van der Waals surface area contributed by atoms with Crippen molar-refractivity contribution in [2.45, 2.75) is 31.8 Å². The summed E-state index contributed by atoms with van der Waals surface area (Å²) in [4.78, 5) is 16.7. The third-order valence-electron chi connectivity index (χ3n) is 5.09. The van der Waals surface area contributed by atoms with Crippen LogP contribution in [0.5, 0.6) is 0 Å². The van der Waals surface area contributed by atoms with Crippen molar-refractivity contribution in [2.24, 2.45) is 7.05 Å². The van der Waals surface area contributed by atoms with Gasteiger partial charge in [-0.15, -0.1) is 10.2 Å². The van der Waals surface area contributed by atoms with Crippen LogP contribution >= 0.6 is 0 Å². The predicted octanol–water partition coefficient (Wildman–Crippen LogP) is 1.32. The summed E-state index contributed by atoms with van der Waals surface area (Å²) in [5.41, 5.74) is 2.16. The molecule has 2 aromatic rings. The zero-order valence-corrected chi connectivity index (χ0v) is 15.7. The molecule has 1 amide bonds. The molecule has 7 nitrogen and oxygen atoms in total. The van der Waals surface area contributed by atoms with E-state index >= 15 is 0 Å². The van der Waals surface area contributed by atoms with Gasteiger partial charge in [0.25, 0.3) is 0 Å². The number of carbonyl (C=O) groups excluding carboxylic acids is 1. The summed E-state index contributed by atoms with van der Waals surface area (Å²) in [6, 6.07) is 8.12. The van der Waals surface area contributed by atoms with E-state index in [0.717, 1.165) is 36.5 Å². The van der Waals surface area contributed by atoms with E-state index in [-0.39, 0.29) is 18.4 Å². The molecule has 26 heavy (non-hydrogen) atoms.